The molecule has 1 nitrogen and oxygen atoms in total. The number of halogens is 2. The monoisotopic (exact) mass is 294 g/mol. The number of rotatable bonds is 3. The van der Waals surface area contributed by atoms with Crippen molar-refractivity contribution in [3.8, 4) is 0 Å². The zero-order valence-electron chi connectivity index (χ0n) is 9.05. The first-order valence-corrected chi connectivity index (χ1v) is 6.23. The summed E-state index contributed by atoms with van der Waals surface area (Å²) in [5.74, 6) is -0.389. The van der Waals surface area contributed by atoms with Gasteiger partial charge in [0.25, 0.3) is 0 Å². The first-order valence-electron chi connectivity index (χ1n) is 5.31. The molecule has 0 fully saturated rings. The minimum Gasteiger partial charge on any atom is -0.387 e. The van der Waals surface area contributed by atoms with E-state index in [1.807, 2.05) is 30.3 Å². The Balaban J connectivity index is 2.27. The Bertz CT molecular complexity index is 487. The van der Waals surface area contributed by atoms with Crippen LogP contribution in [0, 0.1) is 5.82 Å². The Hall–Kier alpha value is -1.19. The van der Waals surface area contributed by atoms with Gasteiger partial charge in [-0.3, -0.25) is 0 Å². The smallest absolute Gasteiger partial charge is 0.129 e. The van der Waals surface area contributed by atoms with Gasteiger partial charge in [-0.05, 0) is 11.6 Å². The molecule has 1 N–H and O–H groups in total. The minimum atomic E-state index is -0.904. The largest absolute Gasteiger partial charge is 0.387 e. The number of aliphatic hydroxyl groups is 1. The van der Waals surface area contributed by atoms with Crippen LogP contribution in [-0.4, -0.2) is 5.11 Å². The molecule has 0 saturated carbocycles. The van der Waals surface area contributed by atoms with Crippen LogP contribution in [0.2, 0.25) is 0 Å². The van der Waals surface area contributed by atoms with E-state index in [4.69, 9.17) is 0 Å². The Morgan fingerprint density at radius 1 is 0.941 bits per heavy atom. The Labute approximate surface area is 108 Å². The van der Waals surface area contributed by atoms with Gasteiger partial charge in [0.1, 0.15) is 5.82 Å². The van der Waals surface area contributed by atoms with Gasteiger partial charge in [-0.25, -0.2) is 4.39 Å². The molecule has 0 aliphatic rings. The average molecular weight is 295 g/mol. The van der Waals surface area contributed by atoms with Gasteiger partial charge in [0.15, 0.2) is 0 Å². The first-order chi connectivity index (χ1) is 8.20. The fourth-order valence-corrected chi connectivity index (χ4v) is 2.28. The maximum Gasteiger partial charge on any atom is 0.129 e. The zero-order valence-corrected chi connectivity index (χ0v) is 10.6. The van der Waals surface area contributed by atoms with Gasteiger partial charge in [-0.15, -0.1) is 0 Å². The van der Waals surface area contributed by atoms with Gasteiger partial charge in [0.2, 0.25) is 0 Å². The summed E-state index contributed by atoms with van der Waals surface area (Å²) in [6.45, 7) is 0. The molecular formula is C14H12BrFO. The van der Waals surface area contributed by atoms with Crippen LogP contribution >= 0.6 is 15.9 Å². The molecule has 88 valence electrons. The first kappa shape index (κ1) is 12.3. The molecule has 0 aromatic heterocycles. The van der Waals surface area contributed by atoms with Crippen molar-refractivity contribution < 1.29 is 9.50 Å². The third kappa shape index (κ3) is 2.73. The van der Waals surface area contributed by atoms with Gasteiger partial charge in [0, 0.05) is 5.56 Å². The van der Waals surface area contributed by atoms with Crippen LogP contribution in [-0.2, 0) is 0 Å². The molecule has 0 spiro atoms. The second-order valence-electron chi connectivity index (χ2n) is 3.78. The van der Waals surface area contributed by atoms with E-state index in [-0.39, 0.29) is 10.6 Å². The molecule has 0 unspecified atom stereocenters. The van der Waals surface area contributed by atoms with E-state index in [9.17, 15) is 9.50 Å². The summed E-state index contributed by atoms with van der Waals surface area (Å²) in [4.78, 5) is -0.319. The third-order valence-electron chi connectivity index (χ3n) is 2.62. The predicted molar refractivity (Wildman–Crippen MR) is 69.5 cm³/mol. The number of hydrogen-bond donors (Lipinski definition) is 1. The highest BCUT2D eigenvalue weighted by atomic mass is 79.9. The molecule has 0 bridgehead atoms. The zero-order chi connectivity index (χ0) is 12.3. The van der Waals surface area contributed by atoms with Gasteiger partial charge in [0.05, 0.1) is 10.9 Å². The molecule has 0 amide bonds. The lowest BCUT2D eigenvalue weighted by Crippen LogP contribution is -2.07. The SMILES string of the molecule is O[C@@H](c1ccccc1F)[C@H](Br)c1ccccc1. The molecule has 0 aliphatic carbocycles. The van der Waals surface area contributed by atoms with E-state index < -0.39 is 6.10 Å². The minimum absolute atomic E-state index is 0.304. The summed E-state index contributed by atoms with van der Waals surface area (Å²) in [5.41, 5.74) is 1.22. The lowest BCUT2D eigenvalue weighted by atomic mass is 10.0. The van der Waals surface area contributed by atoms with Crippen molar-refractivity contribution in [1.29, 1.82) is 0 Å². The number of hydrogen-bond acceptors (Lipinski definition) is 1. The van der Waals surface area contributed by atoms with Crippen molar-refractivity contribution in [3.05, 3.63) is 71.5 Å². The van der Waals surface area contributed by atoms with Crippen molar-refractivity contribution in [3.63, 3.8) is 0 Å². The van der Waals surface area contributed by atoms with Crippen molar-refractivity contribution in [2.45, 2.75) is 10.9 Å². The fraction of sp³-hybridized carbons (Fsp3) is 0.143. The highest BCUT2D eigenvalue weighted by Crippen LogP contribution is 2.36. The van der Waals surface area contributed by atoms with Crippen LogP contribution in [0.5, 0.6) is 0 Å². The maximum absolute atomic E-state index is 13.5. The van der Waals surface area contributed by atoms with E-state index in [0.29, 0.717) is 5.56 Å². The lowest BCUT2D eigenvalue weighted by Gasteiger charge is -2.18. The molecule has 3 heteroatoms. The maximum atomic E-state index is 13.5. The van der Waals surface area contributed by atoms with Crippen molar-refractivity contribution in [1.82, 2.24) is 0 Å². The lowest BCUT2D eigenvalue weighted by molar-refractivity contribution is 0.172. The summed E-state index contributed by atoms with van der Waals surface area (Å²) in [5, 5.41) is 10.1. The second kappa shape index (κ2) is 5.43. The average Bonchev–Trinajstić information content (AvgIpc) is 2.39. The van der Waals surface area contributed by atoms with Crippen molar-refractivity contribution in [2.75, 3.05) is 0 Å². The van der Waals surface area contributed by atoms with Crippen molar-refractivity contribution >= 4 is 15.9 Å². The van der Waals surface area contributed by atoms with E-state index >= 15 is 0 Å². The Morgan fingerprint density at radius 2 is 1.53 bits per heavy atom. The molecule has 2 rings (SSSR count). The standard InChI is InChI=1S/C14H12BrFO/c15-13(10-6-2-1-3-7-10)14(17)11-8-4-5-9-12(11)16/h1-9,13-14,17H/t13-,14+/m1/s1. The fourth-order valence-electron chi connectivity index (χ4n) is 1.69. The topological polar surface area (TPSA) is 20.2 Å². The van der Waals surface area contributed by atoms with Crippen LogP contribution in [0.3, 0.4) is 0 Å². The molecule has 0 heterocycles. The summed E-state index contributed by atoms with van der Waals surface area (Å²) in [6.07, 6.45) is -0.904. The molecule has 2 aromatic rings. The highest BCUT2D eigenvalue weighted by Gasteiger charge is 2.22. The van der Waals surface area contributed by atoms with Gasteiger partial charge in [-0.1, -0.05) is 64.5 Å². The predicted octanol–water partition coefficient (Wildman–Crippen LogP) is 4.00. The third-order valence-corrected chi connectivity index (χ3v) is 3.65. The van der Waals surface area contributed by atoms with E-state index in [1.54, 1.807) is 18.2 Å². The van der Waals surface area contributed by atoms with Crippen LogP contribution in [0.15, 0.2) is 54.6 Å². The molecule has 0 radical (unpaired) electrons. The highest BCUT2D eigenvalue weighted by molar-refractivity contribution is 9.09. The van der Waals surface area contributed by atoms with Crippen LogP contribution in [0.25, 0.3) is 0 Å². The summed E-state index contributed by atoms with van der Waals surface area (Å²) in [6, 6.07) is 15.7. The Morgan fingerprint density at radius 3 is 2.18 bits per heavy atom. The molecular weight excluding hydrogens is 283 g/mol. The van der Waals surface area contributed by atoms with Crippen LogP contribution < -0.4 is 0 Å². The molecule has 2 atom stereocenters. The summed E-state index contributed by atoms with van der Waals surface area (Å²) >= 11 is 3.41. The van der Waals surface area contributed by atoms with Crippen LogP contribution in [0.4, 0.5) is 4.39 Å². The molecule has 0 aliphatic heterocycles. The number of alkyl halides is 1. The summed E-state index contributed by atoms with van der Waals surface area (Å²) in [7, 11) is 0. The number of benzene rings is 2. The molecule has 0 saturated heterocycles. The number of aliphatic hydroxyl groups excluding tert-OH is 1. The molecule has 17 heavy (non-hydrogen) atoms. The van der Waals surface area contributed by atoms with E-state index in [0.717, 1.165) is 5.56 Å². The Kier molecular flexibility index (Phi) is 3.92. The van der Waals surface area contributed by atoms with Gasteiger partial charge in [-0.2, -0.15) is 0 Å². The van der Waals surface area contributed by atoms with E-state index in [2.05, 4.69) is 15.9 Å². The normalized spacial score (nSPS) is 14.3. The second-order valence-corrected chi connectivity index (χ2v) is 4.77. The van der Waals surface area contributed by atoms with Gasteiger partial charge < -0.3 is 5.11 Å². The quantitative estimate of drug-likeness (QED) is 0.849. The summed E-state index contributed by atoms with van der Waals surface area (Å²) < 4.78 is 13.5. The van der Waals surface area contributed by atoms with Crippen LogP contribution in [0.1, 0.15) is 22.1 Å². The molecule has 2 aromatic carbocycles. The van der Waals surface area contributed by atoms with E-state index in [1.165, 1.54) is 6.07 Å². The van der Waals surface area contributed by atoms with Gasteiger partial charge >= 0.3 is 0 Å². The van der Waals surface area contributed by atoms with Crippen molar-refractivity contribution in [2.24, 2.45) is 0 Å².